The van der Waals surface area contributed by atoms with Crippen molar-refractivity contribution < 1.29 is 2.85 Å². The van der Waals surface area contributed by atoms with Crippen molar-refractivity contribution >= 4 is 37.7 Å². The Labute approximate surface area is 111 Å². The molecule has 0 saturated carbocycles. The molecule has 0 aliphatic carbocycles. The molecule has 0 fully saturated rings. The maximum atomic E-state index is 2.32. The Kier molecular flexibility index (Phi) is 7.70. The van der Waals surface area contributed by atoms with Crippen molar-refractivity contribution in [3.05, 3.63) is 0 Å². The van der Waals surface area contributed by atoms with Gasteiger partial charge in [0, 0.05) is 0 Å². The van der Waals surface area contributed by atoms with Gasteiger partial charge in [-0.05, 0) is 23.7 Å². The van der Waals surface area contributed by atoms with E-state index in [0.717, 1.165) is 0 Å². The van der Waals surface area contributed by atoms with Crippen LogP contribution >= 0.6 is 0 Å². The summed E-state index contributed by atoms with van der Waals surface area (Å²) in [6.45, 7) is 13.9. The van der Waals surface area contributed by atoms with E-state index in [4.69, 9.17) is 0 Å². The van der Waals surface area contributed by atoms with Crippen molar-refractivity contribution in [1.29, 1.82) is 0 Å². The fourth-order valence-electron chi connectivity index (χ4n) is 1.15. The van der Waals surface area contributed by atoms with E-state index in [0.29, 0.717) is 10.8 Å². The van der Waals surface area contributed by atoms with Gasteiger partial charge in [0.1, 0.15) is 0 Å². The van der Waals surface area contributed by atoms with Gasteiger partial charge in [-0.1, -0.05) is 48.0 Å². The zero-order valence-electron chi connectivity index (χ0n) is 11.8. The van der Waals surface area contributed by atoms with Crippen LogP contribution in [0.2, 0.25) is 0 Å². The third-order valence-electron chi connectivity index (χ3n) is 1.85. The maximum Gasteiger partial charge on any atom is 2.00 e. The minimum atomic E-state index is 0. The Hall–Kier alpha value is 1.26. The van der Waals surface area contributed by atoms with Gasteiger partial charge in [-0.2, -0.15) is 0 Å². The molecule has 0 atom stereocenters. The summed E-state index contributed by atoms with van der Waals surface area (Å²) >= 11 is 0. The second kappa shape index (κ2) is 5.88. The molecule has 0 aromatic heterocycles. The molecule has 0 aliphatic rings. The van der Waals surface area contributed by atoms with Crippen molar-refractivity contribution in [3.8, 4) is 0 Å². The van der Waals surface area contributed by atoms with Gasteiger partial charge in [-0.15, -0.1) is 0 Å². The van der Waals surface area contributed by atoms with E-state index in [1.165, 1.54) is 19.3 Å². The Balaban J connectivity index is -0.000000167. The van der Waals surface area contributed by atoms with Gasteiger partial charge in [0.15, 0.2) is 0 Å². The molecule has 0 N–H and O–H groups in total. The summed E-state index contributed by atoms with van der Waals surface area (Å²) in [5, 5.41) is 0. The molecule has 0 heterocycles. The topological polar surface area (TPSA) is 0 Å². The van der Waals surface area contributed by atoms with Crippen LogP contribution in [-0.4, -0.2) is 37.7 Å². The molecule has 0 rings (SSSR count). The minimum absolute atomic E-state index is 0. The molecule has 0 radical (unpaired) electrons. The van der Waals surface area contributed by atoms with Crippen molar-refractivity contribution in [3.63, 3.8) is 0 Å². The van der Waals surface area contributed by atoms with E-state index < -0.39 is 0 Å². The van der Waals surface area contributed by atoms with Crippen LogP contribution in [0.25, 0.3) is 0 Å². The predicted octanol–water partition coefficient (Wildman–Crippen LogP) is 4.09. The normalized spacial score (nSPS) is 12.5. The van der Waals surface area contributed by atoms with Crippen LogP contribution in [0.15, 0.2) is 0 Å². The first-order chi connectivity index (χ1) is 4.71. The van der Waals surface area contributed by atoms with E-state index in [-0.39, 0.29) is 40.6 Å². The van der Waals surface area contributed by atoms with Gasteiger partial charge >= 0.3 is 37.7 Å². The first-order valence-corrected chi connectivity index (χ1v) is 4.71. The fraction of sp³-hybridized carbons (Fsp3) is 1.00. The third kappa shape index (κ3) is 13.8. The third-order valence-corrected chi connectivity index (χ3v) is 1.85. The summed E-state index contributed by atoms with van der Waals surface area (Å²) in [6.07, 6.45) is 4.07. The minimum Gasteiger partial charge on any atom is -1.00 e. The average molecular weight is 198 g/mol. The van der Waals surface area contributed by atoms with Gasteiger partial charge in [0.25, 0.3) is 0 Å². The second-order valence-corrected chi connectivity index (χ2v) is 5.97. The van der Waals surface area contributed by atoms with Crippen LogP contribution in [0.1, 0.15) is 63.7 Å². The smallest absolute Gasteiger partial charge is 1.00 e. The molecule has 0 unspecified atom stereocenters. The molecule has 0 aliphatic heterocycles. The largest absolute Gasteiger partial charge is 2.00 e. The standard InChI is InChI=1S/C11H24.Ca.2H/c1-10(2,3)8-7-9-11(4,5)6;;;/h7-9H2,1-6H3;;;/q;+2;2*-1. The van der Waals surface area contributed by atoms with Crippen LogP contribution in [0.4, 0.5) is 0 Å². The van der Waals surface area contributed by atoms with Crippen LogP contribution in [0, 0.1) is 10.8 Å². The van der Waals surface area contributed by atoms with Gasteiger partial charge in [-0.25, -0.2) is 0 Å². The van der Waals surface area contributed by atoms with Gasteiger partial charge in [0.05, 0.1) is 0 Å². The summed E-state index contributed by atoms with van der Waals surface area (Å²) in [4.78, 5) is 0. The van der Waals surface area contributed by atoms with Gasteiger partial charge in [-0.3, -0.25) is 0 Å². The van der Waals surface area contributed by atoms with Crippen molar-refractivity contribution in [2.45, 2.75) is 60.8 Å². The number of hydrogen-bond donors (Lipinski definition) is 0. The first kappa shape index (κ1) is 15.7. The number of hydrogen-bond acceptors (Lipinski definition) is 0. The zero-order valence-corrected chi connectivity index (χ0v) is 12.0. The molecule has 0 amide bonds. The summed E-state index contributed by atoms with van der Waals surface area (Å²) < 4.78 is 0. The molecular weight excluding hydrogens is 172 g/mol. The summed E-state index contributed by atoms with van der Waals surface area (Å²) in [6, 6.07) is 0. The Morgan fingerprint density at radius 1 is 0.750 bits per heavy atom. The zero-order chi connectivity index (χ0) is 9.12. The Morgan fingerprint density at radius 3 is 1.17 bits per heavy atom. The van der Waals surface area contributed by atoms with E-state index in [1.54, 1.807) is 0 Å². The maximum absolute atomic E-state index is 2.32. The van der Waals surface area contributed by atoms with Gasteiger partial charge < -0.3 is 2.85 Å². The van der Waals surface area contributed by atoms with Crippen LogP contribution < -0.4 is 0 Å². The predicted molar refractivity (Wildman–Crippen MR) is 60.7 cm³/mol. The Bertz CT molecular complexity index is 97.4. The van der Waals surface area contributed by atoms with Crippen molar-refractivity contribution in [2.24, 2.45) is 10.8 Å². The molecule has 12 heavy (non-hydrogen) atoms. The van der Waals surface area contributed by atoms with Gasteiger partial charge in [0.2, 0.25) is 0 Å². The molecule has 0 bridgehead atoms. The molecule has 0 saturated heterocycles. The molecule has 1 heteroatoms. The fourth-order valence-corrected chi connectivity index (χ4v) is 1.15. The SMILES string of the molecule is CC(C)(C)CCCC(C)(C)C.[Ca+2].[H-].[H-]. The molecule has 0 spiro atoms. The summed E-state index contributed by atoms with van der Waals surface area (Å²) in [5.41, 5.74) is 1.04. The Morgan fingerprint density at radius 2 is 1.00 bits per heavy atom. The van der Waals surface area contributed by atoms with E-state index >= 15 is 0 Å². The first-order valence-electron chi connectivity index (χ1n) is 4.71. The molecular formula is C11H26Ca. The average Bonchev–Trinajstić information content (AvgIpc) is 1.55. The van der Waals surface area contributed by atoms with E-state index in [2.05, 4.69) is 41.5 Å². The molecule has 0 aromatic rings. The molecule has 0 nitrogen and oxygen atoms in total. The van der Waals surface area contributed by atoms with Crippen LogP contribution in [0.3, 0.4) is 0 Å². The van der Waals surface area contributed by atoms with E-state index in [9.17, 15) is 0 Å². The van der Waals surface area contributed by atoms with Crippen LogP contribution in [-0.2, 0) is 0 Å². The van der Waals surface area contributed by atoms with E-state index in [1.807, 2.05) is 0 Å². The quantitative estimate of drug-likeness (QED) is 0.586. The van der Waals surface area contributed by atoms with Crippen molar-refractivity contribution in [2.75, 3.05) is 0 Å². The summed E-state index contributed by atoms with van der Waals surface area (Å²) in [7, 11) is 0. The molecule has 72 valence electrons. The van der Waals surface area contributed by atoms with Crippen molar-refractivity contribution in [1.82, 2.24) is 0 Å². The second-order valence-electron chi connectivity index (χ2n) is 5.97. The monoisotopic (exact) mass is 198 g/mol. The van der Waals surface area contributed by atoms with Crippen LogP contribution in [0.5, 0.6) is 0 Å². The number of rotatable bonds is 2. The molecule has 0 aromatic carbocycles. The summed E-state index contributed by atoms with van der Waals surface area (Å²) in [5.74, 6) is 0.